The van der Waals surface area contributed by atoms with E-state index in [0.717, 1.165) is 25.7 Å². The highest BCUT2D eigenvalue weighted by Gasteiger charge is 2.35. The Kier molecular flexibility index (Phi) is 9.64. The van der Waals surface area contributed by atoms with E-state index in [1.807, 2.05) is 13.1 Å². The van der Waals surface area contributed by atoms with Crippen molar-refractivity contribution in [3.05, 3.63) is 59.7 Å². The van der Waals surface area contributed by atoms with E-state index in [4.69, 9.17) is 21.1 Å². The van der Waals surface area contributed by atoms with E-state index >= 15 is 0 Å². The number of piperidine rings is 1. The Morgan fingerprint density at radius 2 is 1.96 bits per heavy atom. The maximum absolute atomic E-state index is 13.7. The zero-order chi connectivity index (χ0) is 32.2. The molecule has 0 radical (unpaired) electrons. The molecule has 2 aliphatic heterocycles. The number of hydrogen-bond acceptors (Lipinski definition) is 9. The topological polar surface area (TPSA) is 126 Å². The Labute approximate surface area is 271 Å². The van der Waals surface area contributed by atoms with Crippen LogP contribution >= 0.6 is 11.6 Å². The van der Waals surface area contributed by atoms with E-state index < -0.39 is 11.9 Å². The van der Waals surface area contributed by atoms with Gasteiger partial charge < -0.3 is 25.0 Å². The van der Waals surface area contributed by atoms with Crippen molar-refractivity contribution in [2.45, 2.75) is 50.7 Å². The van der Waals surface area contributed by atoms with Gasteiger partial charge in [0, 0.05) is 61.7 Å². The minimum Gasteiger partial charge on any atom is -0.491 e. The predicted molar refractivity (Wildman–Crippen MR) is 172 cm³/mol. The number of nitrogens with zero attached hydrogens (tertiary/aromatic N) is 4. The van der Waals surface area contributed by atoms with Gasteiger partial charge in [-0.1, -0.05) is 17.7 Å². The first-order valence-electron chi connectivity index (χ1n) is 15.5. The second-order valence-corrected chi connectivity index (χ2v) is 12.4. The van der Waals surface area contributed by atoms with E-state index in [9.17, 15) is 18.8 Å². The zero-order valence-corrected chi connectivity index (χ0v) is 26.3. The molecule has 0 unspecified atom stereocenters. The summed E-state index contributed by atoms with van der Waals surface area (Å²) in [7, 11) is 2.00. The fourth-order valence-electron chi connectivity index (χ4n) is 5.68. The van der Waals surface area contributed by atoms with Gasteiger partial charge in [-0.3, -0.25) is 19.3 Å². The van der Waals surface area contributed by atoms with Crippen LogP contribution in [0, 0.1) is 11.7 Å². The van der Waals surface area contributed by atoms with Crippen molar-refractivity contribution in [1.29, 1.82) is 0 Å². The Hall–Kier alpha value is -4.29. The van der Waals surface area contributed by atoms with Gasteiger partial charge in [0.1, 0.15) is 23.7 Å². The SMILES string of the molecule is CN(CC=CC(=O)Nc1cc2c(Nc3ccc(F)c(Cl)c3)ncnc2cc1OCC1CC1)C1CCN(C(=O)[C@@H]2CCC(=O)O2)CC1. The highest BCUT2D eigenvalue weighted by molar-refractivity contribution is 6.31. The Balaban J connectivity index is 1.09. The van der Waals surface area contributed by atoms with Gasteiger partial charge in [0.25, 0.3) is 5.91 Å². The third-order valence-corrected chi connectivity index (χ3v) is 8.86. The zero-order valence-electron chi connectivity index (χ0n) is 25.5. The average molecular weight is 651 g/mol. The predicted octanol–water partition coefficient (Wildman–Crippen LogP) is 5.08. The van der Waals surface area contributed by atoms with Gasteiger partial charge in [0.2, 0.25) is 5.91 Å². The minimum atomic E-state index is -0.644. The smallest absolute Gasteiger partial charge is 0.306 e. The van der Waals surface area contributed by atoms with Gasteiger partial charge in [-0.05, 0) is 62.9 Å². The number of halogens is 2. The third kappa shape index (κ3) is 7.73. The van der Waals surface area contributed by atoms with Gasteiger partial charge in [-0.15, -0.1) is 0 Å². The quantitative estimate of drug-likeness (QED) is 0.216. The van der Waals surface area contributed by atoms with Crippen LogP contribution in [0.3, 0.4) is 0 Å². The van der Waals surface area contributed by atoms with Crippen LogP contribution in [0.2, 0.25) is 5.02 Å². The monoisotopic (exact) mass is 650 g/mol. The molecule has 11 nitrogen and oxygen atoms in total. The van der Waals surface area contributed by atoms with E-state index in [1.165, 1.54) is 24.5 Å². The van der Waals surface area contributed by atoms with Crippen LogP contribution in [0.25, 0.3) is 10.9 Å². The number of carbonyl (C=O) groups excluding carboxylic acids is 3. The van der Waals surface area contributed by atoms with Crippen LogP contribution in [0.5, 0.6) is 5.75 Å². The normalized spacial score (nSPS) is 18.7. The average Bonchev–Trinajstić information content (AvgIpc) is 3.78. The first-order chi connectivity index (χ1) is 22.2. The number of nitrogens with one attached hydrogen (secondary N) is 2. The number of likely N-dealkylation sites (N-methyl/N-ethyl adjacent to an activating group) is 1. The van der Waals surface area contributed by atoms with Crippen molar-refractivity contribution < 1.29 is 28.2 Å². The molecule has 3 fully saturated rings. The van der Waals surface area contributed by atoms with Crippen LogP contribution in [0.4, 0.5) is 21.6 Å². The van der Waals surface area contributed by atoms with Crippen LogP contribution in [0.1, 0.15) is 38.5 Å². The second kappa shape index (κ2) is 14.0. The molecule has 242 valence electrons. The number of anilines is 3. The number of aromatic nitrogens is 2. The summed E-state index contributed by atoms with van der Waals surface area (Å²) in [5, 5.41) is 6.73. The summed E-state index contributed by atoms with van der Waals surface area (Å²) in [6.07, 6.45) is 8.67. The van der Waals surface area contributed by atoms with E-state index in [-0.39, 0.29) is 28.8 Å². The van der Waals surface area contributed by atoms with E-state index in [0.29, 0.717) is 78.8 Å². The summed E-state index contributed by atoms with van der Waals surface area (Å²) in [5.74, 6) is 0.236. The molecule has 3 aliphatic rings. The molecule has 13 heteroatoms. The van der Waals surface area contributed by atoms with Gasteiger partial charge in [-0.25, -0.2) is 14.4 Å². The highest BCUT2D eigenvalue weighted by Crippen LogP contribution is 2.36. The van der Waals surface area contributed by atoms with Crippen LogP contribution < -0.4 is 15.4 Å². The second-order valence-electron chi connectivity index (χ2n) is 12.0. The van der Waals surface area contributed by atoms with Gasteiger partial charge >= 0.3 is 5.97 Å². The summed E-state index contributed by atoms with van der Waals surface area (Å²) in [6.45, 7) is 2.31. The molecular formula is C33H36ClFN6O5. The molecular weight excluding hydrogens is 615 g/mol. The lowest BCUT2D eigenvalue weighted by atomic mass is 10.0. The molecule has 2 amide bonds. The molecule has 6 rings (SSSR count). The highest BCUT2D eigenvalue weighted by atomic mass is 35.5. The first kappa shape index (κ1) is 31.7. The van der Waals surface area contributed by atoms with Crippen LogP contribution in [-0.4, -0.2) is 83.0 Å². The number of cyclic esters (lactones) is 1. The van der Waals surface area contributed by atoms with Crippen molar-refractivity contribution in [3.63, 3.8) is 0 Å². The van der Waals surface area contributed by atoms with Crippen molar-refractivity contribution in [2.75, 3.05) is 43.9 Å². The van der Waals surface area contributed by atoms with Crippen molar-refractivity contribution in [3.8, 4) is 5.75 Å². The number of esters is 1. The molecule has 46 heavy (non-hydrogen) atoms. The lowest BCUT2D eigenvalue weighted by Crippen LogP contribution is -2.48. The third-order valence-electron chi connectivity index (χ3n) is 8.57. The first-order valence-corrected chi connectivity index (χ1v) is 15.9. The molecule has 3 aromatic rings. The maximum Gasteiger partial charge on any atom is 0.306 e. The molecule has 3 heterocycles. The molecule has 0 spiro atoms. The lowest BCUT2D eigenvalue weighted by molar-refractivity contribution is -0.153. The molecule has 2 aromatic carbocycles. The maximum atomic E-state index is 13.7. The number of rotatable bonds is 11. The Morgan fingerprint density at radius 1 is 1.15 bits per heavy atom. The summed E-state index contributed by atoms with van der Waals surface area (Å²) in [6, 6.07) is 8.11. The fraction of sp³-hybridized carbons (Fsp3) is 0.424. The van der Waals surface area contributed by atoms with E-state index in [2.05, 4.69) is 25.5 Å². The van der Waals surface area contributed by atoms with Crippen molar-refractivity contribution in [1.82, 2.24) is 19.8 Å². The Morgan fingerprint density at radius 3 is 2.67 bits per heavy atom. The van der Waals surface area contributed by atoms with Gasteiger partial charge in [0.15, 0.2) is 6.10 Å². The summed E-state index contributed by atoms with van der Waals surface area (Å²) in [5.41, 5.74) is 1.65. The molecule has 1 aliphatic carbocycles. The van der Waals surface area contributed by atoms with Crippen molar-refractivity contribution in [2.24, 2.45) is 5.92 Å². The summed E-state index contributed by atoms with van der Waals surface area (Å²) in [4.78, 5) is 49.8. The van der Waals surface area contributed by atoms with E-state index in [1.54, 1.807) is 23.1 Å². The molecule has 2 N–H and O–H groups in total. The number of fused-ring (bicyclic) bond motifs is 1. The number of likely N-dealkylation sites (tertiary alicyclic amines) is 1. The molecule has 1 aromatic heterocycles. The number of amides is 2. The van der Waals surface area contributed by atoms with Gasteiger partial charge in [-0.2, -0.15) is 0 Å². The summed E-state index contributed by atoms with van der Waals surface area (Å²) < 4.78 is 24.9. The Bertz CT molecular complexity index is 1660. The number of ether oxygens (including phenoxy) is 2. The molecule has 0 bridgehead atoms. The fourth-order valence-corrected chi connectivity index (χ4v) is 5.86. The largest absolute Gasteiger partial charge is 0.491 e. The lowest BCUT2D eigenvalue weighted by Gasteiger charge is -2.37. The summed E-state index contributed by atoms with van der Waals surface area (Å²) >= 11 is 5.97. The van der Waals surface area contributed by atoms with Crippen LogP contribution in [0.15, 0.2) is 48.8 Å². The number of carbonyl (C=O) groups is 3. The van der Waals surface area contributed by atoms with Crippen LogP contribution in [-0.2, 0) is 19.1 Å². The number of benzene rings is 2. The molecule has 1 saturated carbocycles. The number of hydrogen-bond donors (Lipinski definition) is 2. The molecule has 1 atom stereocenters. The standard InChI is InChI=1S/C33H36ClFN6O5/c1-40(22-10-13-41(14-11-22)33(44)28-8-9-31(43)46-28)12-2-3-30(42)39-27-16-23-26(17-29(27)45-18-20-4-5-20)36-19-37-32(23)38-21-6-7-25(35)24(34)15-21/h2-3,6-7,15-17,19-20,22,28H,4-5,8-14,18H2,1H3,(H,39,42)(H,36,37,38)/t28-/m0/s1. The van der Waals surface area contributed by atoms with Gasteiger partial charge in [0.05, 0.1) is 22.8 Å². The minimum absolute atomic E-state index is 0.0155. The molecule has 2 saturated heterocycles. The van der Waals surface area contributed by atoms with Crippen molar-refractivity contribution >= 4 is 57.5 Å².